The van der Waals surface area contributed by atoms with Crippen molar-refractivity contribution in [2.24, 2.45) is 11.7 Å². The van der Waals surface area contributed by atoms with Crippen LogP contribution in [0.4, 0.5) is 0 Å². The molecule has 3 N–H and O–H groups in total. The molecule has 1 aliphatic carbocycles. The zero-order chi connectivity index (χ0) is 13.6. The van der Waals surface area contributed by atoms with Gasteiger partial charge in [0.25, 0.3) is 0 Å². The summed E-state index contributed by atoms with van der Waals surface area (Å²) in [4.78, 5) is 14.0. The number of nitrogens with one attached hydrogen (secondary N) is 1. The predicted octanol–water partition coefficient (Wildman–Crippen LogP) is 1.35. The zero-order valence-electron chi connectivity index (χ0n) is 12.2. The Labute approximate surface area is 111 Å². The van der Waals surface area contributed by atoms with Crippen molar-refractivity contribution in [3.05, 3.63) is 0 Å². The van der Waals surface area contributed by atoms with Crippen LogP contribution in [-0.4, -0.2) is 43.0 Å². The van der Waals surface area contributed by atoms with E-state index in [9.17, 15) is 4.79 Å². The normalized spacial score (nSPS) is 28.4. The van der Waals surface area contributed by atoms with Crippen molar-refractivity contribution in [3.63, 3.8) is 0 Å². The highest BCUT2D eigenvalue weighted by Crippen LogP contribution is 2.36. The second kappa shape index (κ2) is 7.10. The van der Waals surface area contributed by atoms with Crippen LogP contribution >= 0.6 is 0 Å². The molecule has 0 spiro atoms. The van der Waals surface area contributed by atoms with Gasteiger partial charge in [-0.1, -0.05) is 26.7 Å². The lowest BCUT2D eigenvalue weighted by Gasteiger charge is -2.47. The molecule has 1 aliphatic rings. The summed E-state index contributed by atoms with van der Waals surface area (Å²) in [5.41, 5.74) is 6.12. The summed E-state index contributed by atoms with van der Waals surface area (Å²) in [5.74, 6) is 0.806. The maximum absolute atomic E-state index is 11.7. The van der Waals surface area contributed by atoms with Gasteiger partial charge >= 0.3 is 0 Å². The first kappa shape index (κ1) is 15.4. The molecule has 1 amide bonds. The van der Waals surface area contributed by atoms with Crippen LogP contribution in [0.25, 0.3) is 0 Å². The summed E-state index contributed by atoms with van der Waals surface area (Å²) in [6.45, 7) is 6.56. The molecule has 0 aromatic carbocycles. The predicted molar refractivity (Wildman–Crippen MR) is 75.3 cm³/mol. The third-order valence-electron chi connectivity index (χ3n) is 4.23. The Morgan fingerprint density at radius 3 is 2.78 bits per heavy atom. The highest BCUT2D eigenvalue weighted by molar-refractivity contribution is 5.77. The van der Waals surface area contributed by atoms with Crippen LogP contribution in [0.2, 0.25) is 0 Å². The maximum Gasteiger partial charge on any atom is 0.233 e. The average Bonchev–Trinajstić information content (AvgIpc) is 2.37. The van der Waals surface area contributed by atoms with E-state index in [1.165, 1.54) is 12.8 Å². The third-order valence-corrected chi connectivity index (χ3v) is 4.23. The molecule has 2 unspecified atom stereocenters. The van der Waals surface area contributed by atoms with Crippen molar-refractivity contribution in [2.45, 2.75) is 51.5 Å². The lowest BCUT2D eigenvalue weighted by Crippen LogP contribution is -2.58. The van der Waals surface area contributed by atoms with Gasteiger partial charge in [0.2, 0.25) is 5.91 Å². The molecule has 4 heteroatoms. The smallest absolute Gasteiger partial charge is 0.233 e. The largest absolute Gasteiger partial charge is 0.358 e. The van der Waals surface area contributed by atoms with Gasteiger partial charge in [-0.2, -0.15) is 0 Å². The fraction of sp³-hybridized carbons (Fsp3) is 0.929. The minimum atomic E-state index is 0.0419. The van der Waals surface area contributed by atoms with Crippen LogP contribution < -0.4 is 11.1 Å². The molecule has 4 nitrogen and oxygen atoms in total. The minimum absolute atomic E-state index is 0.0419. The Bertz CT molecular complexity index is 270. The van der Waals surface area contributed by atoms with Crippen molar-refractivity contribution in [1.82, 2.24) is 10.2 Å². The van der Waals surface area contributed by atoms with Crippen LogP contribution in [0, 0.1) is 5.92 Å². The average molecular weight is 255 g/mol. The summed E-state index contributed by atoms with van der Waals surface area (Å²) in [6, 6.07) is 0. The summed E-state index contributed by atoms with van der Waals surface area (Å²) < 4.78 is 0. The third kappa shape index (κ3) is 3.69. The first-order chi connectivity index (χ1) is 8.57. The number of amides is 1. The van der Waals surface area contributed by atoms with Gasteiger partial charge in [0.15, 0.2) is 0 Å². The Balaban J connectivity index is 2.81. The summed E-state index contributed by atoms with van der Waals surface area (Å²) >= 11 is 0. The Morgan fingerprint density at radius 1 is 1.56 bits per heavy atom. The van der Waals surface area contributed by atoms with E-state index in [1.54, 1.807) is 7.05 Å². The minimum Gasteiger partial charge on any atom is -0.358 e. The SMILES string of the molecule is CCCN(CC(=O)NC)C1(CN)CCCC(C)C1. The Morgan fingerprint density at radius 2 is 2.28 bits per heavy atom. The topological polar surface area (TPSA) is 58.4 Å². The number of carbonyl (C=O) groups excluding carboxylic acids is 1. The monoisotopic (exact) mass is 255 g/mol. The van der Waals surface area contributed by atoms with Crippen molar-refractivity contribution in [1.29, 1.82) is 0 Å². The van der Waals surface area contributed by atoms with Crippen molar-refractivity contribution >= 4 is 5.91 Å². The molecule has 0 aromatic heterocycles. The fourth-order valence-corrected chi connectivity index (χ4v) is 3.24. The van der Waals surface area contributed by atoms with Crippen LogP contribution in [0.15, 0.2) is 0 Å². The van der Waals surface area contributed by atoms with Crippen molar-refractivity contribution < 1.29 is 4.79 Å². The van der Waals surface area contributed by atoms with Crippen LogP contribution in [0.5, 0.6) is 0 Å². The molecule has 106 valence electrons. The van der Waals surface area contributed by atoms with Gasteiger partial charge in [0, 0.05) is 19.1 Å². The first-order valence-electron chi connectivity index (χ1n) is 7.23. The van der Waals surface area contributed by atoms with E-state index in [4.69, 9.17) is 5.73 Å². The lowest BCUT2D eigenvalue weighted by molar-refractivity contribution is -0.124. The molecule has 0 heterocycles. The standard InChI is InChI=1S/C14H29N3O/c1-4-8-17(10-13(18)16-3)14(11-15)7-5-6-12(2)9-14/h12H,4-11,15H2,1-3H3,(H,16,18). The number of nitrogens with two attached hydrogens (primary N) is 1. The van der Waals surface area contributed by atoms with Crippen LogP contribution in [0.1, 0.15) is 46.0 Å². The summed E-state index contributed by atoms with van der Waals surface area (Å²) in [6.07, 6.45) is 5.84. The Kier molecular flexibility index (Phi) is 6.09. The first-order valence-corrected chi connectivity index (χ1v) is 7.23. The van der Waals surface area contributed by atoms with Gasteiger partial charge in [-0.05, 0) is 31.7 Å². The van der Waals surface area contributed by atoms with Gasteiger partial charge in [0.05, 0.1) is 6.54 Å². The molecule has 2 atom stereocenters. The Hall–Kier alpha value is -0.610. The lowest BCUT2D eigenvalue weighted by atomic mass is 9.75. The highest BCUT2D eigenvalue weighted by atomic mass is 16.1. The summed E-state index contributed by atoms with van der Waals surface area (Å²) in [7, 11) is 1.70. The molecule has 0 bridgehead atoms. The maximum atomic E-state index is 11.7. The van der Waals surface area contributed by atoms with E-state index in [1.807, 2.05) is 0 Å². The molecule has 1 fully saturated rings. The van der Waals surface area contributed by atoms with E-state index in [0.717, 1.165) is 25.8 Å². The van der Waals surface area contributed by atoms with Gasteiger partial charge in [0.1, 0.15) is 0 Å². The quantitative estimate of drug-likeness (QED) is 0.753. The second-order valence-electron chi connectivity index (χ2n) is 5.72. The van der Waals surface area contributed by atoms with E-state index >= 15 is 0 Å². The fourth-order valence-electron chi connectivity index (χ4n) is 3.24. The van der Waals surface area contributed by atoms with Gasteiger partial charge in [-0.15, -0.1) is 0 Å². The van der Waals surface area contributed by atoms with Crippen LogP contribution in [-0.2, 0) is 4.79 Å². The van der Waals surface area contributed by atoms with E-state index in [0.29, 0.717) is 19.0 Å². The second-order valence-corrected chi connectivity index (χ2v) is 5.72. The molecule has 1 saturated carbocycles. The molecule has 1 rings (SSSR count). The number of carbonyl (C=O) groups is 1. The van der Waals surface area contributed by atoms with E-state index in [2.05, 4.69) is 24.1 Å². The molecule has 0 radical (unpaired) electrons. The number of rotatable bonds is 6. The zero-order valence-corrected chi connectivity index (χ0v) is 12.2. The molecule has 0 aromatic rings. The van der Waals surface area contributed by atoms with E-state index < -0.39 is 0 Å². The molecule has 0 saturated heterocycles. The van der Waals surface area contributed by atoms with Gasteiger partial charge in [-0.25, -0.2) is 0 Å². The number of hydrogen-bond donors (Lipinski definition) is 2. The molecule has 0 aliphatic heterocycles. The van der Waals surface area contributed by atoms with Gasteiger partial charge < -0.3 is 11.1 Å². The number of likely N-dealkylation sites (N-methyl/N-ethyl adjacent to an activating group) is 1. The van der Waals surface area contributed by atoms with Gasteiger partial charge in [-0.3, -0.25) is 9.69 Å². The van der Waals surface area contributed by atoms with Crippen molar-refractivity contribution in [2.75, 3.05) is 26.7 Å². The van der Waals surface area contributed by atoms with Crippen LogP contribution in [0.3, 0.4) is 0 Å². The van der Waals surface area contributed by atoms with Crippen molar-refractivity contribution in [3.8, 4) is 0 Å². The molecular formula is C14H29N3O. The van der Waals surface area contributed by atoms with E-state index in [-0.39, 0.29) is 11.4 Å². The highest BCUT2D eigenvalue weighted by Gasteiger charge is 2.39. The summed E-state index contributed by atoms with van der Waals surface area (Å²) in [5, 5.41) is 2.72. The molecular weight excluding hydrogens is 226 g/mol. The number of hydrogen-bond acceptors (Lipinski definition) is 3. The molecule has 18 heavy (non-hydrogen) atoms. The number of nitrogens with zero attached hydrogens (tertiary/aromatic N) is 1.